The van der Waals surface area contributed by atoms with E-state index in [-0.39, 0.29) is 43.3 Å². The molecule has 0 spiro atoms. The minimum absolute atomic E-state index is 0. The first-order valence-corrected chi connectivity index (χ1v) is 15.2. The molecule has 0 aromatic heterocycles. The number of carbonyl (C=O) groups excluding carboxylic acids is 4. The minimum Gasteiger partial charge on any atom is -0.465 e. The van der Waals surface area contributed by atoms with Crippen LogP contribution in [0.25, 0.3) is 0 Å². The second kappa shape index (κ2) is 19.5. The van der Waals surface area contributed by atoms with Crippen LogP contribution in [0.15, 0.2) is 38.0 Å². The van der Waals surface area contributed by atoms with Crippen molar-refractivity contribution in [2.24, 2.45) is 16.2 Å². The van der Waals surface area contributed by atoms with Crippen molar-refractivity contribution in [3.8, 4) is 0 Å². The third kappa shape index (κ3) is 11.3. The molecule has 0 radical (unpaired) electrons. The highest BCUT2D eigenvalue weighted by Gasteiger charge is 2.42. The fraction of sp³-hybridized carbons (Fsp3) is 0.706. The molecule has 0 amide bonds. The van der Waals surface area contributed by atoms with Gasteiger partial charge < -0.3 is 24.4 Å². The summed E-state index contributed by atoms with van der Waals surface area (Å²) in [4.78, 5) is 46.1. The van der Waals surface area contributed by atoms with E-state index in [2.05, 4.69) is 19.7 Å². The van der Waals surface area contributed by atoms with Crippen LogP contribution in [0.4, 0.5) is 0 Å². The van der Waals surface area contributed by atoms with Gasteiger partial charge in [-0.2, -0.15) is 0 Å². The molecule has 9 heteroatoms. The summed E-state index contributed by atoms with van der Waals surface area (Å²) in [5.74, 6) is -0.391. The van der Waals surface area contributed by atoms with Crippen LogP contribution in [0.5, 0.6) is 0 Å². The number of hydrogen-bond acceptors (Lipinski definition) is 9. The maximum atomic E-state index is 11.7. The summed E-state index contributed by atoms with van der Waals surface area (Å²) in [5, 5.41) is 18.7. The van der Waals surface area contributed by atoms with E-state index in [1.54, 1.807) is 39.0 Å². The van der Waals surface area contributed by atoms with Crippen molar-refractivity contribution in [2.45, 2.75) is 117 Å². The van der Waals surface area contributed by atoms with Crippen LogP contribution in [0.1, 0.15) is 105 Å². The number of Topliss-reactive ketones (excluding diaryl/α,β-unsaturated/α-hetero) is 1. The average Bonchev–Trinajstić information content (AvgIpc) is 3.00. The van der Waals surface area contributed by atoms with Crippen molar-refractivity contribution in [2.75, 3.05) is 19.8 Å². The lowest BCUT2D eigenvalue weighted by Crippen LogP contribution is -2.36. The Labute approximate surface area is 258 Å². The fourth-order valence-corrected chi connectivity index (χ4v) is 5.51. The molecule has 0 aromatic rings. The second-order valence-electron chi connectivity index (χ2n) is 11.2. The molecule has 0 aliphatic heterocycles. The lowest BCUT2D eigenvalue weighted by molar-refractivity contribution is -0.156. The average molecular weight is 609 g/mol. The van der Waals surface area contributed by atoms with Crippen LogP contribution in [0.3, 0.4) is 0 Å². The fourth-order valence-electron chi connectivity index (χ4n) is 5.51. The molecule has 0 bridgehead atoms. The summed E-state index contributed by atoms with van der Waals surface area (Å²) in [6.07, 6.45) is 11.7. The lowest BCUT2D eigenvalue weighted by Gasteiger charge is -2.33. The van der Waals surface area contributed by atoms with E-state index < -0.39 is 16.2 Å². The molecule has 246 valence electrons. The third-order valence-corrected chi connectivity index (χ3v) is 8.61. The number of aliphatic hydroxyl groups is 2. The Morgan fingerprint density at radius 2 is 0.907 bits per heavy atom. The number of aliphatic hydroxyl groups excluding tert-OH is 2. The molecule has 0 heterocycles. The van der Waals surface area contributed by atoms with Crippen molar-refractivity contribution in [3.05, 3.63) is 38.0 Å². The summed E-state index contributed by atoms with van der Waals surface area (Å²) >= 11 is 0. The highest BCUT2D eigenvalue weighted by atomic mass is 16.5. The zero-order valence-electron chi connectivity index (χ0n) is 25.9. The van der Waals surface area contributed by atoms with Crippen LogP contribution >= 0.6 is 0 Å². The summed E-state index contributed by atoms with van der Waals surface area (Å²) in [5.41, 5.74) is -1.70. The molecule has 0 unspecified atom stereocenters. The first-order chi connectivity index (χ1) is 19.9. The maximum absolute atomic E-state index is 11.7. The van der Waals surface area contributed by atoms with E-state index in [0.29, 0.717) is 96.9 Å². The van der Waals surface area contributed by atoms with Crippen molar-refractivity contribution in [3.63, 3.8) is 0 Å². The van der Waals surface area contributed by atoms with Crippen LogP contribution in [0, 0.1) is 16.2 Å². The zero-order valence-corrected chi connectivity index (χ0v) is 25.9. The maximum Gasteiger partial charge on any atom is 0.315 e. The van der Waals surface area contributed by atoms with Crippen LogP contribution < -0.4 is 0 Å². The van der Waals surface area contributed by atoms with E-state index >= 15 is 0 Å². The van der Waals surface area contributed by atoms with E-state index in [0.717, 1.165) is 0 Å². The first kappa shape index (κ1) is 40.2. The third-order valence-electron chi connectivity index (χ3n) is 8.61. The molecule has 0 saturated heterocycles. The van der Waals surface area contributed by atoms with Crippen LogP contribution in [0.2, 0.25) is 0 Å². The lowest BCUT2D eigenvalue weighted by atomic mass is 9.73. The summed E-state index contributed by atoms with van der Waals surface area (Å²) in [7, 11) is 0. The Morgan fingerprint density at radius 3 is 1.14 bits per heavy atom. The largest absolute Gasteiger partial charge is 0.465 e. The van der Waals surface area contributed by atoms with Gasteiger partial charge in [-0.25, -0.2) is 0 Å². The molecule has 0 aromatic carbocycles. The van der Waals surface area contributed by atoms with E-state index in [1.165, 1.54) is 0 Å². The highest BCUT2D eigenvalue weighted by molar-refractivity contribution is 5.85. The Morgan fingerprint density at radius 1 is 0.651 bits per heavy atom. The van der Waals surface area contributed by atoms with E-state index in [1.807, 2.05) is 0 Å². The Hall–Kier alpha value is -2.78. The second-order valence-corrected chi connectivity index (χ2v) is 11.2. The molecule has 9 nitrogen and oxygen atoms in total. The summed E-state index contributed by atoms with van der Waals surface area (Å²) < 4.78 is 15.0. The van der Waals surface area contributed by atoms with E-state index in [9.17, 15) is 29.4 Å². The van der Waals surface area contributed by atoms with Gasteiger partial charge >= 0.3 is 17.9 Å². The predicted octanol–water partition coefficient (Wildman–Crippen LogP) is 5.81. The van der Waals surface area contributed by atoms with Gasteiger partial charge in [0.15, 0.2) is 0 Å². The molecule has 3 aliphatic rings. The van der Waals surface area contributed by atoms with Gasteiger partial charge in [0.1, 0.15) is 5.78 Å². The zero-order chi connectivity index (χ0) is 31.8. The van der Waals surface area contributed by atoms with Crippen molar-refractivity contribution >= 4 is 23.7 Å². The Bertz CT molecular complexity index is 864. The number of ketones is 1. The van der Waals surface area contributed by atoms with Crippen LogP contribution in [-0.4, -0.2) is 65.9 Å². The number of hydrogen-bond donors (Lipinski definition) is 2. The number of ether oxygens (including phenoxy) is 3. The van der Waals surface area contributed by atoms with Gasteiger partial charge in [0, 0.05) is 12.8 Å². The molecule has 3 aliphatic carbocycles. The van der Waals surface area contributed by atoms with Gasteiger partial charge in [-0.05, 0) is 85.0 Å². The molecule has 2 N–H and O–H groups in total. The van der Waals surface area contributed by atoms with E-state index in [4.69, 9.17) is 14.2 Å². The molecular formula is C34H56O9. The summed E-state index contributed by atoms with van der Waals surface area (Å²) in [6.45, 7) is 17.6. The standard InChI is InChI=1S/2C11H18O3.C11H16O3.CH4/c3*1-3-11(10(13)14-4-2)7-5-9(12)6-8-11;/h2*3,9,12H,1,4-8H2,2H3;3H,1,4-8H2,2H3;1H4. The Kier molecular flexibility index (Phi) is 18.2. The quantitative estimate of drug-likeness (QED) is 0.189. The van der Waals surface area contributed by atoms with Gasteiger partial charge in [-0.1, -0.05) is 25.7 Å². The molecular weight excluding hydrogens is 552 g/mol. The van der Waals surface area contributed by atoms with Crippen molar-refractivity contribution in [1.82, 2.24) is 0 Å². The van der Waals surface area contributed by atoms with Crippen molar-refractivity contribution in [1.29, 1.82) is 0 Å². The normalized spacial score (nSPS) is 27.6. The van der Waals surface area contributed by atoms with Gasteiger partial charge in [-0.15, -0.1) is 19.7 Å². The Balaban J connectivity index is 0.000000608. The smallest absolute Gasteiger partial charge is 0.315 e. The number of esters is 3. The molecule has 0 atom stereocenters. The van der Waals surface area contributed by atoms with Crippen LogP contribution in [-0.2, 0) is 33.4 Å². The van der Waals surface area contributed by atoms with Gasteiger partial charge in [0.05, 0.1) is 48.3 Å². The monoisotopic (exact) mass is 608 g/mol. The van der Waals surface area contributed by atoms with Gasteiger partial charge in [0.2, 0.25) is 0 Å². The number of carbonyl (C=O) groups is 4. The SMILES string of the molecule is C.C=CC1(C(=O)OCC)CCC(=O)CC1.C=CC1(C(=O)OCC)CCC(O)CC1.C=CC1(C(=O)OCC)CCC(O)CC1. The van der Waals surface area contributed by atoms with Gasteiger partial charge in [-0.3, -0.25) is 19.2 Å². The highest BCUT2D eigenvalue weighted by Crippen LogP contribution is 2.40. The topological polar surface area (TPSA) is 136 Å². The van der Waals surface area contributed by atoms with Crippen molar-refractivity contribution < 1.29 is 43.6 Å². The molecule has 3 saturated carbocycles. The molecule has 43 heavy (non-hydrogen) atoms. The number of rotatable bonds is 9. The summed E-state index contributed by atoms with van der Waals surface area (Å²) in [6, 6.07) is 0. The minimum atomic E-state index is -0.607. The van der Waals surface area contributed by atoms with Gasteiger partial charge in [0.25, 0.3) is 0 Å². The first-order valence-electron chi connectivity index (χ1n) is 15.2. The molecule has 3 rings (SSSR count). The molecule has 3 fully saturated rings. The predicted molar refractivity (Wildman–Crippen MR) is 167 cm³/mol.